The molecule has 1 amide bonds. The van der Waals surface area contributed by atoms with Gasteiger partial charge in [0.2, 0.25) is 0 Å². The number of hydrogen-bond acceptors (Lipinski definition) is 7. The second kappa shape index (κ2) is 8.57. The van der Waals surface area contributed by atoms with Crippen LogP contribution >= 0.6 is 0 Å². The molecule has 154 valence electrons. The van der Waals surface area contributed by atoms with Gasteiger partial charge in [0.25, 0.3) is 11.6 Å². The molecule has 1 saturated heterocycles. The molecule has 9 nitrogen and oxygen atoms in total. The maximum absolute atomic E-state index is 13.9. The third-order valence-corrected chi connectivity index (χ3v) is 4.81. The lowest BCUT2D eigenvalue weighted by atomic mass is 10.1. The van der Waals surface area contributed by atoms with Gasteiger partial charge in [-0.05, 0) is 18.2 Å². The van der Waals surface area contributed by atoms with Crippen molar-refractivity contribution in [3.05, 3.63) is 69.0 Å². The maximum atomic E-state index is 13.9. The number of hydrogen-bond donors (Lipinski definition) is 0. The number of nitro groups is 1. The summed E-state index contributed by atoms with van der Waals surface area (Å²) in [5.74, 6) is -1.86. The van der Waals surface area contributed by atoms with Crippen molar-refractivity contribution in [1.29, 1.82) is 5.26 Å². The van der Waals surface area contributed by atoms with E-state index in [1.165, 1.54) is 23.1 Å². The number of methoxy groups -OCH3 is 1. The average molecular weight is 412 g/mol. The van der Waals surface area contributed by atoms with Crippen LogP contribution < -0.4 is 4.90 Å². The number of benzene rings is 2. The summed E-state index contributed by atoms with van der Waals surface area (Å²) in [6.07, 6.45) is 0. The van der Waals surface area contributed by atoms with Crippen molar-refractivity contribution in [2.75, 3.05) is 38.2 Å². The number of nitro benzene ring substituents is 1. The summed E-state index contributed by atoms with van der Waals surface area (Å²) in [4.78, 5) is 38.4. The number of rotatable bonds is 4. The minimum absolute atomic E-state index is 0.00141. The summed E-state index contributed by atoms with van der Waals surface area (Å²) in [5, 5.41) is 20.4. The van der Waals surface area contributed by atoms with Crippen molar-refractivity contribution in [3.8, 4) is 6.07 Å². The fourth-order valence-corrected chi connectivity index (χ4v) is 3.30. The van der Waals surface area contributed by atoms with E-state index in [0.29, 0.717) is 18.8 Å². The number of halogens is 1. The largest absolute Gasteiger partial charge is 0.465 e. The summed E-state index contributed by atoms with van der Waals surface area (Å²) in [6.45, 7) is 1.22. The van der Waals surface area contributed by atoms with Crippen LogP contribution in [0.2, 0.25) is 0 Å². The van der Waals surface area contributed by atoms with Crippen molar-refractivity contribution in [3.63, 3.8) is 0 Å². The number of nitrogens with zero attached hydrogens (tertiary/aromatic N) is 4. The first-order chi connectivity index (χ1) is 14.3. The monoisotopic (exact) mass is 412 g/mol. The zero-order valence-electron chi connectivity index (χ0n) is 16.0. The maximum Gasteiger partial charge on any atom is 0.338 e. The molecule has 1 heterocycles. The number of ether oxygens (including phenoxy) is 1. The molecule has 1 aliphatic heterocycles. The Hall–Kier alpha value is -4.00. The molecule has 0 spiro atoms. The molecule has 0 bridgehead atoms. The fraction of sp³-hybridized carbons (Fsp3) is 0.250. The molecule has 0 unspecified atom stereocenters. The van der Waals surface area contributed by atoms with E-state index in [4.69, 9.17) is 0 Å². The number of carbonyl (C=O) groups is 2. The van der Waals surface area contributed by atoms with Gasteiger partial charge in [-0.1, -0.05) is 6.07 Å². The van der Waals surface area contributed by atoms with Gasteiger partial charge in [-0.3, -0.25) is 14.9 Å². The first-order valence-corrected chi connectivity index (χ1v) is 8.96. The normalized spacial score (nSPS) is 13.5. The van der Waals surface area contributed by atoms with Crippen molar-refractivity contribution < 1.29 is 23.6 Å². The summed E-state index contributed by atoms with van der Waals surface area (Å²) < 4.78 is 18.5. The molecule has 2 aromatic rings. The van der Waals surface area contributed by atoms with Gasteiger partial charge < -0.3 is 14.5 Å². The van der Waals surface area contributed by atoms with Crippen LogP contribution in [0.4, 0.5) is 15.8 Å². The number of nitriles is 1. The smallest absolute Gasteiger partial charge is 0.338 e. The van der Waals surface area contributed by atoms with Crippen LogP contribution in [0.5, 0.6) is 0 Å². The number of piperazine rings is 1. The third-order valence-electron chi connectivity index (χ3n) is 4.81. The molecular weight excluding hydrogens is 395 g/mol. The lowest BCUT2D eigenvalue weighted by Gasteiger charge is -2.36. The molecular formula is C20H17FN4O5. The van der Waals surface area contributed by atoms with Gasteiger partial charge in [0.15, 0.2) is 0 Å². The highest BCUT2D eigenvalue weighted by Crippen LogP contribution is 2.25. The van der Waals surface area contributed by atoms with Gasteiger partial charge in [-0.15, -0.1) is 0 Å². The Bertz CT molecular complexity index is 1060. The first-order valence-electron chi connectivity index (χ1n) is 8.96. The van der Waals surface area contributed by atoms with Crippen LogP contribution in [0.25, 0.3) is 0 Å². The second-order valence-corrected chi connectivity index (χ2v) is 6.54. The number of amides is 1. The van der Waals surface area contributed by atoms with Crippen molar-refractivity contribution in [1.82, 2.24) is 4.90 Å². The van der Waals surface area contributed by atoms with E-state index in [-0.39, 0.29) is 29.8 Å². The van der Waals surface area contributed by atoms with E-state index < -0.39 is 28.3 Å². The molecule has 10 heteroatoms. The van der Waals surface area contributed by atoms with Crippen molar-refractivity contribution in [2.24, 2.45) is 0 Å². The van der Waals surface area contributed by atoms with Gasteiger partial charge in [0.1, 0.15) is 17.4 Å². The Morgan fingerprint density at radius 2 is 1.83 bits per heavy atom. The molecule has 0 radical (unpaired) electrons. The van der Waals surface area contributed by atoms with E-state index in [0.717, 1.165) is 19.2 Å². The van der Waals surface area contributed by atoms with Crippen LogP contribution in [-0.4, -0.2) is 55.0 Å². The standard InChI is InChI=1S/C20H17FN4O5/c1-30-20(27)14-9-13(10-15(11-14)25(28)29)19(26)24-7-5-23(6-8-24)18-4-2-3-17(21)16(18)12-22/h2-4,9-11H,5-8H2,1H3. The lowest BCUT2D eigenvalue weighted by molar-refractivity contribution is -0.384. The molecule has 1 aliphatic rings. The lowest BCUT2D eigenvalue weighted by Crippen LogP contribution is -2.49. The van der Waals surface area contributed by atoms with E-state index in [1.807, 2.05) is 6.07 Å². The molecule has 0 aliphatic carbocycles. The Labute approximate surface area is 171 Å². The molecule has 3 rings (SSSR count). The van der Waals surface area contributed by atoms with Gasteiger partial charge in [-0.2, -0.15) is 5.26 Å². The van der Waals surface area contributed by atoms with E-state index in [1.54, 1.807) is 11.0 Å². The Morgan fingerprint density at radius 1 is 1.17 bits per heavy atom. The molecule has 0 saturated carbocycles. The summed E-state index contributed by atoms with van der Waals surface area (Å²) in [7, 11) is 1.14. The van der Waals surface area contributed by atoms with Crippen LogP contribution in [0.1, 0.15) is 26.3 Å². The van der Waals surface area contributed by atoms with Crippen LogP contribution in [0.3, 0.4) is 0 Å². The fourth-order valence-electron chi connectivity index (χ4n) is 3.30. The Kier molecular flexibility index (Phi) is 5.92. The highest BCUT2D eigenvalue weighted by molar-refractivity contribution is 5.99. The predicted octanol–water partition coefficient (Wildman–Crippen LogP) is 2.35. The summed E-state index contributed by atoms with van der Waals surface area (Å²) in [5.41, 5.74) is -0.0847. The zero-order valence-corrected chi connectivity index (χ0v) is 16.0. The highest BCUT2D eigenvalue weighted by atomic mass is 19.1. The Balaban J connectivity index is 1.80. The minimum Gasteiger partial charge on any atom is -0.465 e. The zero-order chi connectivity index (χ0) is 21.8. The van der Waals surface area contributed by atoms with Gasteiger partial charge in [-0.25, -0.2) is 9.18 Å². The van der Waals surface area contributed by atoms with Crippen LogP contribution in [0, 0.1) is 27.3 Å². The number of anilines is 1. The predicted molar refractivity (Wildman–Crippen MR) is 104 cm³/mol. The van der Waals surface area contributed by atoms with Gasteiger partial charge >= 0.3 is 5.97 Å². The Morgan fingerprint density at radius 3 is 2.43 bits per heavy atom. The van der Waals surface area contributed by atoms with Gasteiger partial charge in [0.05, 0.1) is 23.3 Å². The first kappa shape index (κ1) is 20.7. The summed E-state index contributed by atoms with van der Waals surface area (Å²) >= 11 is 0. The average Bonchev–Trinajstić information content (AvgIpc) is 2.77. The van der Waals surface area contributed by atoms with Crippen LogP contribution in [0.15, 0.2) is 36.4 Å². The van der Waals surface area contributed by atoms with E-state index >= 15 is 0 Å². The second-order valence-electron chi connectivity index (χ2n) is 6.54. The van der Waals surface area contributed by atoms with E-state index in [2.05, 4.69) is 4.74 Å². The number of carbonyl (C=O) groups excluding carboxylic acids is 2. The number of non-ortho nitro benzene ring substituents is 1. The molecule has 2 aromatic carbocycles. The highest BCUT2D eigenvalue weighted by Gasteiger charge is 2.26. The third kappa shape index (κ3) is 4.05. The van der Waals surface area contributed by atoms with Gasteiger partial charge in [0, 0.05) is 43.9 Å². The SMILES string of the molecule is COC(=O)c1cc(C(=O)N2CCN(c3cccc(F)c3C#N)CC2)cc([N+](=O)[O-])c1. The summed E-state index contributed by atoms with van der Waals surface area (Å²) in [6, 6.07) is 9.64. The minimum atomic E-state index is -0.785. The van der Waals surface area contributed by atoms with Crippen molar-refractivity contribution >= 4 is 23.3 Å². The topological polar surface area (TPSA) is 117 Å². The van der Waals surface area contributed by atoms with Crippen molar-refractivity contribution in [2.45, 2.75) is 0 Å². The quantitative estimate of drug-likeness (QED) is 0.430. The van der Waals surface area contributed by atoms with Crippen LogP contribution in [-0.2, 0) is 4.74 Å². The molecule has 0 aromatic heterocycles. The molecule has 1 fully saturated rings. The molecule has 0 N–H and O–H groups in total. The number of esters is 1. The molecule has 0 atom stereocenters. The molecule has 30 heavy (non-hydrogen) atoms. The van der Waals surface area contributed by atoms with E-state index in [9.17, 15) is 29.4 Å².